The first kappa shape index (κ1) is 5.72. The zero-order valence-corrected chi connectivity index (χ0v) is 5.11. The Morgan fingerprint density at radius 1 is 1.12 bits per heavy atom. The Bertz CT molecular complexity index is 172. The van der Waals surface area contributed by atoms with Crippen LogP contribution >= 0.6 is 23.2 Å². The molecule has 0 aliphatic rings. The molecule has 0 N–H and O–H groups in total. The van der Waals surface area contributed by atoms with Gasteiger partial charge in [-0.1, -0.05) is 0 Å². The first-order valence-corrected chi connectivity index (χ1v) is 2.48. The summed E-state index contributed by atoms with van der Waals surface area (Å²) in [5.41, 5.74) is 0. The second kappa shape index (κ2) is 2.24. The van der Waals surface area contributed by atoms with Crippen molar-refractivity contribution in [2.24, 2.45) is 0 Å². The monoisotopic (exact) mass is 148 g/mol. The SMILES string of the molecule is Clc1n[c]nc(Cl)n1. The van der Waals surface area contributed by atoms with Crippen molar-refractivity contribution in [1.82, 2.24) is 15.0 Å². The lowest BCUT2D eigenvalue weighted by Gasteiger charge is -1.83. The summed E-state index contributed by atoms with van der Waals surface area (Å²) < 4.78 is 0. The van der Waals surface area contributed by atoms with E-state index in [0.29, 0.717) is 0 Å². The fraction of sp³-hybridized carbons (Fsp3) is 0. The largest absolute Gasteiger partial charge is 0.227 e. The van der Waals surface area contributed by atoms with Gasteiger partial charge in [-0.25, -0.2) is 0 Å². The number of hydrogen-bond donors (Lipinski definition) is 0. The van der Waals surface area contributed by atoms with E-state index >= 15 is 0 Å². The predicted molar refractivity (Wildman–Crippen MR) is 28.7 cm³/mol. The van der Waals surface area contributed by atoms with Gasteiger partial charge in [-0.05, 0) is 23.2 Å². The highest BCUT2D eigenvalue weighted by Gasteiger charge is 1.90. The maximum absolute atomic E-state index is 5.27. The van der Waals surface area contributed by atoms with Gasteiger partial charge in [0.2, 0.25) is 16.9 Å². The van der Waals surface area contributed by atoms with Gasteiger partial charge in [0.1, 0.15) is 0 Å². The lowest BCUT2D eigenvalue weighted by Crippen LogP contribution is -1.84. The third-order valence-corrected chi connectivity index (χ3v) is 0.807. The summed E-state index contributed by atoms with van der Waals surface area (Å²) in [6.07, 6.45) is 2.20. The molecule has 0 fully saturated rings. The number of aromatic nitrogens is 3. The van der Waals surface area contributed by atoms with E-state index in [1.165, 1.54) is 0 Å². The van der Waals surface area contributed by atoms with Crippen LogP contribution in [0.2, 0.25) is 10.6 Å². The summed E-state index contributed by atoms with van der Waals surface area (Å²) in [7, 11) is 0. The van der Waals surface area contributed by atoms with Crippen LogP contribution < -0.4 is 0 Å². The van der Waals surface area contributed by atoms with Crippen LogP contribution in [-0.4, -0.2) is 15.0 Å². The smallest absolute Gasteiger partial charge is 0.194 e. The van der Waals surface area contributed by atoms with E-state index in [9.17, 15) is 0 Å². The molecule has 0 saturated carbocycles. The van der Waals surface area contributed by atoms with Crippen LogP contribution in [0, 0.1) is 6.33 Å². The second-order valence-corrected chi connectivity index (χ2v) is 1.65. The van der Waals surface area contributed by atoms with Crippen molar-refractivity contribution in [2.75, 3.05) is 0 Å². The summed E-state index contributed by atoms with van der Waals surface area (Å²) in [4.78, 5) is 10.2. The third kappa shape index (κ3) is 1.28. The van der Waals surface area contributed by atoms with Crippen molar-refractivity contribution in [3.63, 3.8) is 0 Å². The number of hydrogen-bond acceptors (Lipinski definition) is 3. The summed E-state index contributed by atoms with van der Waals surface area (Å²) in [6.45, 7) is 0. The van der Waals surface area contributed by atoms with Crippen molar-refractivity contribution in [2.45, 2.75) is 0 Å². The minimum atomic E-state index is 0.0602. The highest BCUT2D eigenvalue weighted by molar-refractivity contribution is 6.30. The van der Waals surface area contributed by atoms with Crippen LogP contribution in [0.3, 0.4) is 0 Å². The van der Waals surface area contributed by atoms with E-state index in [1.807, 2.05) is 0 Å². The standard InChI is InChI=1S/C3Cl2N3/c4-2-6-1-7-3(5)8-2. The molecule has 0 aliphatic carbocycles. The first-order chi connectivity index (χ1) is 3.79. The van der Waals surface area contributed by atoms with E-state index in [4.69, 9.17) is 23.2 Å². The van der Waals surface area contributed by atoms with Crippen LogP contribution in [0.15, 0.2) is 0 Å². The van der Waals surface area contributed by atoms with Crippen molar-refractivity contribution < 1.29 is 0 Å². The lowest BCUT2D eigenvalue weighted by atomic mass is 11.1. The Morgan fingerprint density at radius 3 is 1.88 bits per heavy atom. The fourth-order valence-corrected chi connectivity index (χ4v) is 0.513. The number of nitrogens with zero attached hydrogens (tertiary/aromatic N) is 3. The summed E-state index contributed by atoms with van der Waals surface area (Å²) in [5.74, 6) is 0. The molecule has 0 spiro atoms. The van der Waals surface area contributed by atoms with Gasteiger partial charge in [0.05, 0.1) is 0 Å². The molecule has 0 unspecified atom stereocenters. The average molecular weight is 149 g/mol. The van der Waals surface area contributed by atoms with Crippen LogP contribution in [0.25, 0.3) is 0 Å². The first-order valence-electron chi connectivity index (χ1n) is 1.72. The molecule has 0 aliphatic heterocycles. The zero-order valence-electron chi connectivity index (χ0n) is 3.60. The minimum absolute atomic E-state index is 0.0602. The molecule has 0 atom stereocenters. The Kier molecular flexibility index (Phi) is 1.60. The average Bonchev–Trinajstić information content (AvgIpc) is 1.64. The molecular formula is C3Cl2N3. The van der Waals surface area contributed by atoms with Gasteiger partial charge < -0.3 is 0 Å². The van der Waals surface area contributed by atoms with Crippen molar-refractivity contribution >= 4 is 23.2 Å². The highest BCUT2D eigenvalue weighted by atomic mass is 35.5. The normalized spacial score (nSPS) is 9.25. The molecule has 0 bridgehead atoms. The van der Waals surface area contributed by atoms with Crippen LogP contribution in [0.5, 0.6) is 0 Å². The molecule has 41 valence electrons. The second-order valence-electron chi connectivity index (χ2n) is 0.973. The van der Waals surface area contributed by atoms with Crippen molar-refractivity contribution in [1.29, 1.82) is 0 Å². The van der Waals surface area contributed by atoms with Crippen LogP contribution in [0.1, 0.15) is 0 Å². The zero-order chi connectivity index (χ0) is 5.98. The molecule has 1 rings (SSSR count). The maximum atomic E-state index is 5.27. The molecule has 0 amide bonds. The van der Waals surface area contributed by atoms with Gasteiger partial charge in [-0.15, -0.1) is 0 Å². The fourth-order valence-electron chi connectivity index (χ4n) is 0.234. The van der Waals surface area contributed by atoms with Gasteiger partial charge in [0, 0.05) is 0 Å². The number of rotatable bonds is 0. The Morgan fingerprint density at radius 2 is 1.62 bits per heavy atom. The van der Waals surface area contributed by atoms with E-state index in [0.717, 1.165) is 0 Å². The molecule has 3 nitrogen and oxygen atoms in total. The lowest BCUT2D eigenvalue weighted by molar-refractivity contribution is 1.04. The van der Waals surface area contributed by atoms with Crippen molar-refractivity contribution in [3.05, 3.63) is 16.9 Å². The maximum Gasteiger partial charge on any atom is 0.227 e. The van der Waals surface area contributed by atoms with Crippen molar-refractivity contribution in [3.8, 4) is 0 Å². The summed E-state index contributed by atoms with van der Waals surface area (Å²) >= 11 is 10.5. The van der Waals surface area contributed by atoms with Gasteiger partial charge >= 0.3 is 0 Å². The van der Waals surface area contributed by atoms with Crippen LogP contribution in [-0.2, 0) is 0 Å². The minimum Gasteiger partial charge on any atom is -0.194 e. The number of halogens is 2. The molecule has 8 heavy (non-hydrogen) atoms. The molecule has 1 aromatic heterocycles. The van der Waals surface area contributed by atoms with E-state index < -0.39 is 0 Å². The van der Waals surface area contributed by atoms with E-state index in [-0.39, 0.29) is 10.6 Å². The van der Waals surface area contributed by atoms with Gasteiger partial charge in [0.15, 0.2) is 0 Å². The topological polar surface area (TPSA) is 38.7 Å². The summed E-state index contributed by atoms with van der Waals surface area (Å²) in [5, 5.41) is 0.120. The third-order valence-electron chi connectivity index (χ3n) is 0.469. The molecule has 5 heteroatoms. The van der Waals surface area contributed by atoms with Gasteiger partial charge in [-0.2, -0.15) is 15.0 Å². The quantitative estimate of drug-likeness (QED) is 0.551. The van der Waals surface area contributed by atoms with Crippen LogP contribution in [0.4, 0.5) is 0 Å². The molecule has 1 radical (unpaired) electrons. The Labute approximate surface area is 55.7 Å². The highest BCUT2D eigenvalue weighted by Crippen LogP contribution is 2.00. The predicted octanol–water partition coefficient (Wildman–Crippen LogP) is 0.979. The van der Waals surface area contributed by atoms with E-state index in [1.54, 1.807) is 0 Å². The Hall–Kier alpha value is -0.410. The molecule has 0 aromatic carbocycles. The van der Waals surface area contributed by atoms with Gasteiger partial charge in [-0.3, -0.25) is 0 Å². The molecular weight excluding hydrogens is 149 g/mol. The van der Waals surface area contributed by atoms with Gasteiger partial charge in [0.25, 0.3) is 0 Å². The summed E-state index contributed by atoms with van der Waals surface area (Å²) in [6, 6.07) is 0. The molecule has 1 heterocycles. The molecule has 0 saturated heterocycles. The van der Waals surface area contributed by atoms with E-state index in [2.05, 4.69) is 21.3 Å². The Balaban J connectivity index is 3.08. The molecule has 1 aromatic rings.